The molecular weight excluding hydrogens is 261 g/mol. The van der Waals surface area contributed by atoms with Gasteiger partial charge < -0.3 is 5.73 Å². The molecule has 0 aliphatic rings. The molecule has 0 aromatic heterocycles. The van der Waals surface area contributed by atoms with Crippen LogP contribution in [-0.4, -0.2) is 0 Å². The molecule has 0 amide bonds. The average Bonchev–Trinajstić information content (AvgIpc) is 2.08. The first kappa shape index (κ1) is 11.8. The number of benzene rings is 1. The van der Waals surface area contributed by atoms with Gasteiger partial charge in [-0.25, -0.2) is 0 Å². The Bertz CT molecular complexity index is 356. The number of allylic oxidation sites excluding steroid dienone is 1. The summed E-state index contributed by atoms with van der Waals surface area (Å²) >= 11 is 9.35. The third-order valence-corrected chi connectivity index (χ3v) is 2.79. The van der Waals surface area contributed by atoms with Crippen molar-refractivity contribution >= 4 is 27.5 Å². The summed E-state index contributed by atoms with van der Waals surface area (Å²) in [6.07, 6.45) is 2.01. The predicted octanol–water partition coefficient (Wildman–Crippen LogP) is 4.07. The van der Waals surface area contributed by atoms with Crippen LogP contribution in [0.3, 0.4) is 0 Å². The fourth-order valence-corrected chi connectivity index (χ4v) is 1.91. The van der Waals surface area contributed by atoms with Crippen molar-refractivity contribution < 1.29 is 0 Å². The molecule has 1 unspecified atom stereocenters. The lowest BCUT2D eigenvalue weighted by Gasteiger charge is -2.10. The third-order valence-electron chi connectivity index (χ3n) is 1.83. The number of hydrogen-bond acceptors (Lipinski definition) is 1. The molecule has 0 saturated carbocycles. The molecule has 3 heteroatoms. The molecule has 0 aliphatic heterocycles. The Hall–Kier alpha value is -0.310. The highest BCUT2D eigenvalue weighted by Gasteiger charge is 2.07. The second-order valence-corrected chi connectivity index (χ2v) is 4.73. The van der Waals surface area contributed by atoms with Crippen molar-refractivity contribution in [3.05, 3.63) is 44.9 Å². The van der Waals surface area contributed by atoms with E-state index >= 15 is 0 Å². The highest BCUT2D eigenvalue weighted by Crippen LogP contribution is 2.26. The molecule has 1 aromatic rings. The van der Waals surface area contributed by atoms with Crippen LogP contribution in [-0.2, 0) is 0 Å². The van der Waals surface area contributed by atoms with Gasteiger partial charge in [-0.2, -0.15) is 0 Å². The van der Waals surface area contributed by atoms with E-state index in [0.717, 1.165) is 10.0 Å². The van der Waals surface area contributed by atoms with E-state index < -0.39 is 0 Å². The van der Waals surface area contributed by atoms with E-state index in [0.29, 0.717) is 5.02 Å². The molecule has 0 heterocycles. The highest BCUT2D eigenvalue weighted by molar-refractivity contribution is 9.10. The molecule has 0 saturated heterocycles. The summed E-state index contributed by atoms with van der Waals surface area (Å²) in [5.41, 5.74) is 8.21. The summed E-state index contributed by atoms with van der Waals surface area (Å²) in [5, 5.41) is 0.709. The maximum absolute atomic E-state index is 6.00. The monoisotopic (exact) mass is 273 g/mol. The summed E-state index contributed by atoms with van der Waals surface area (Å²) in [6.45, 7) is 4.05. The van der Waals surface area contributed by atoms with Gasteiger partial charge in [-0.3, -0.25) is 0 Å². The van der Waals surface area contributed by atoms with E-state index in [4.69, 9.17) is 17.3 Å². The zero-order valence-corrected chi connectivity index (χ0v) is 10.6. The first-order chi connectivity index (χ1) is 6.50. The first-order valence-electron chi connectivity index (χ1n) is 4.36. The summed E-state index contributed by atoms with van der Waals surface area (Å²) < 4.78 is 0.993. The van der Waals surface area contributed by atoms with Crippen molar-refractivity contribution in [1.29, 1.82) is 0 Å². The molecule has 0 fully saturated rings. The lowest BCUT2D eigenvalue weighted by Crippen LogP contribution is -2.08. The summed E-state index contributed by atoms with van der Waals surface area (Å²) in [7, 11) is 0. The summed E-state index contributed by atoms with van der Waals surface area (Å²) in [5.74, 6) is 0. The topological polar surface area (TPSA) is 26.0 Å². The average molecular weight is 275 g/mol. The van der Waals surface area contributed by atoms with Crippen LogP contribution in [0.15, 0.2) is 34.3 Å². The molecule has 1 atom stereocenters. The van der Waals surface area contributed by atoms with Gasteiger partial charge >= 0.3 is 0 Å². The molecule has 0 radical (unpaired) electrons. The van der Waals surface area contributed by atoms with Gasteiger partial charge in [-0.05, 0) is 37.6 Å². The Morgan fingerprint density at radius 3 is 2.71 bits per heavy atom. The Labute approximate surface area is 98.1 Å². The minimum Gasteiger partial charge on any atom is -0.321 e. The van der Waals surface area contributed by atoms with E-state index in [2.05, 4.69) is 15.9 Å². The molecule has 76 valence electrons. The van der Waals surface area contributed by atoms with E-state index in [1.54, 1.807) is 0 Å². The molecule has 0 aliphatic carbocycles. The molecule has 0 bridgehead atoms. The summed E-state index contributed by atoms with van der Waals surface area (Å²) in [6, 6.07) is 5.53. The zero-order valence-electron chi connectivity index (χ0n) is 8.22. The minimum absolute atomic E-state index is 0.104. The van der Waals surface area contributed by atoms with Crippen molar-refractivity contribution in [2.24, 2.45) is 5.73 Å². The largest absolute Gasteiger partial charge is 0.321 e. The van der Waals surface area contributed by atoms with Gasteiger partial charge in [-0.1, -0.05) is 39.2 Å². The Morgan fingerprint density at radius 2 is 2.14 bits per heavy atom. The summed E-state index contributed by atoms with van der Waals surface area (Å²) in [4.78, 5) is 0. The molecule has 0 spiro atoms. The van der Waals surface area contributed by atoms with E-state index in [1.807, 2.05) is 38.1 Å². The quantitative estimate of drug-likeness (QED) is 0.808. The molecule has 1 nitrogen and oxygen atoms in total. The number of rotatable bonds is 2. The Kier molecular flexibility index (Phi) is 4.17. The van der Waals surface area contributed by atoms with Gasteiger partial charge in [0, 0.05) is 15.5 Å². The van der Waals surface area contributed by atoms with Crippen molar-refractivity contribution in [2.75, 3.05) is 0 Å². The Balaban J connectivity index is 3.05. The maximum Gasteiger partial charge on any atom is 0.0495 e. The molecule has 2 N–H and O–H groups in total. The standard InChI is InChI=1S/C11H13BrClN/c1-7(2)5-11(14)9-6-8(13)3-4-10(9)12/h3-6,11H,14H2,1-2H3. The van der Waals surface area contributed by atoms with Crippen LogP contribution < -0.4 is 5.73 Å². The number of nitrogens with two attached hydrogens (primary N) is 1. The highest BCUT2D eigenvalue weighted by atomic mass is 79.9. The van der Waals surface area contributed by atoms with Crippen molar-refractivity contribution in [1.82, 2.24) is 0 Å². The van der Waals surface area contributed by atoms with Gasteiger partial charge in [0.15, 0.2) is 0 Å². The van der Waals surface area contributed by atoms with Crippen LogP contribution in [0.25, 0.3) is 0 Å². The first-order valence-corrected chi connectivity index (χ1v) is 5.53. The van der Waals surface area contributed by atoms with Crippen LogP contribution >= 0.6 is 27.5 Å². The van der Waals surface area contributed by atoms with Crippen molar-refractivity contribution in [3.63, 3.8) is 0 Å². The van der Waals surface area contributed by atoms with Gasteiger partial charge in [0.25, 0.3) is 0 Å². The third kappa shape index (κ3) is 3.12. The van der Waals surface area contributed by atoms with Gasteiger partial charge in [-0.15, -0.1) is 0 Å². The number of halogens is 2. The van der Waals surface area contributed by atoms with Crippen LogP contribution in [0.4, 0.5) is 0 Å². The van der Waals surface area contributed by atoms with Crippen molar-refractivity contribution in [2.45, 2.75) is 19.9 Å². The van der Waals surface area contributed by atoms with E-state index in [-0.39, 0.29) is 6.04 Å². The predicted molar refractivity (Wildman–Crippen MR) is 65.5 cm³/mol. The second-order valence-electron chi connectivity index (χ2n) is 3.44. The van der Waals surface area contributed by atoms with Crippen LogP contribution in [0.2, 0.25) is 5.02 Å². The lowest BCUT2D eigenvalue weighted by molar-refractivity contribution is 0.893. The van der Waals surface area contributed by atoms with Crippen LogP contribution in [0.1, 0.15) is 25.5 Å². The maximum atomic E-state index is 6.00. The number of hydrogen-bond donors (Lipinski definition) is 1. The second kappa shape index (κ2) is 4.96. The molecule has 1 aromatic carbocycles. The fraction of sp³-hybridized carbons (Fsp3) is 0.273. The fourth-order valence-electron chi connectivity index (χ4n) is 1.22. The molecular formula is C11H13BrClN. The van der Waals surface area contributed by atoms with Crippen LogP contribution in [0, 0.1) is 0 Å². The van der Waals surface area contributed by atoms with E-state index in [9.17, 15) is 0 Å². The van der Waals surface area contributed by atoms with Crippen LogP contribution in [0.5, 0.6) is 0 Å². The van der Waals surface area contributed by atoms with Gasteiger partial charge in [0.05, 0.1) is 0 Å². The molecule has 14 heavy (non-hydrogen) atoms. The lowest BCUT2D eigenvalue weighted by atomic mass is 10.1. The smallest absolute Gasteiger partial charge is 0.0495 e. The minimum atomic E-state index is -0.104. The van der Waals surface area contributed by atoms with E-state index in [1.165, 1.54) is 5.57 Å². The molecule has 1 rings (SSSR count). The van der Waals surface area contributed by atoms with Gasteiger partial charge in [0.1, 0.15) is 0 Å². The SMILES string of the molecule is CC(C)=CC(N)c1cc(Cl)ccc1Br. The van der Waals surface area contributed by atoms with Gasteiger partial charge in [0.2, 0.25) is 0 Å². The normalized spacial score (nSPS) is 12.4. The van der Waals surface area contributed by atoms with Crippen molar-refractivity contribution in [3.8, 4) is 0 Å². The zero-order chi connectivity index (χ0) is 10.7. The Morgan fingerprint density at radius 1 is 1.50 bits per heavy atom.